The van der Waals surface area contributed by atoms with E-state index in [1.165, 1.54) is 35.2 Å². The number of nitrogens with zero attached hydrogens (tertiary/aromatic N) is 1. The van der Waals surface area contributed by atoms with E-state index in [2.05, 4.69) is 5.32 Å². The summed E-state index contributed by atoms with van der Waals surface area (Å²) in [5, 5.41) is 7.78. The summed E-state index contributed by atoms with van der Waals surface area (Å²) < 4.78 is 41.1. The number of nitrogens with one attached hydrogen (secondary N) is 1. The van der Waals surface area contributed by atoms with Crippen LogP contribution in [0.4, 0.5) is 4.39 Å². The lowest BCUT2D eigenvalue weighted by Crippen LogP contribution is -2.56. The molecule has 0 bridgehead atoms. The molecule has 0 aromatic heterocycles. The minimum Gasteiger partial charge on any atom is -0.481 e. The van der Waals surface area contributed by atoms with Gasteiger partial charge in [-0.2, -0.15) is 0 Å². The zero-order valence-electron chi connectivity index (χ0n) is 15.4. The van der Waals surface area contributed by atoms with Gasteiger partial charge in [-0.25, -0.2) is 17.9 Å². The van der Waals surface area contributed by atoms with Gasteiger partial charge >= 0.3 is 0 Å². The molecule has 3 rings (SSSR count). The van der Waals surface area contributed by atoms with Gasteiger partial charge in [0.1, 0.15) is 0 Å². The summed E-state index contributed by atoms with van der Waals surface area (Å²) >= 11 is 0. The Morgan fingerprint density at radius 1 is 1.14 bits per heavy atom. The molecule has 0 aliphatic carbocycles. The van der Waals surface area contributed by atoms with Crippen molar-refractivity contribution < 1.29 is 27.1 Å². The molecule has 1 aliphatic heterocycles. The molecule has 1 saturated heterocycles. The van der Waals surface area contributed by atoms with Gasteiger partial charge in [0.05, 0.1) is 10.8 Å². The van der Waals surface area contributed by atoms with Crippen molar-refractivity contribution in [3.63, 3.8) is 0 Å². The van der Waals surface area contributed by atoms with Crippen molar-refractivity contribution in [2.75, 3.05) is 19.7 Å². The fourth-order valence-corrected chi connectivity index (χ4v) is 3.29. The summed E-state index contributed by atoms with van der Waals surface area (Å²) in [5.41, 5.74) is 0.719. The second-order valence-corrected chi connectivity index (χ2v) is 8.18. The highest BCUT2D eigenvalue weighted by Crippen LogP contribution is 2.19. The first-order valence-electron chi connectivity index (χ1n) is 8.78. The van der Waals surface area contributed by atoms with E-state index in [4.69, 9.17) is 9.88 Å². The zero-order valence-corrected chi connectivity index (χ0v) is 16.2. The Hall–Kier alpha value is -2.98. The molecule has 3 N–H and O–H groups in total. The summed E-state index contributed by atoms with van der Waals surface area (Å²) in [4.78, 5) is 25.7. The molecule has 2 aromatic rings. The van der Waals surface area contributed by atoms with Gasteiger partial charge in [-0.1, -0.05) is 24.3 Å². The molecule has 29 heavy (non-hydrogen) atoms. The number of halogens is 1. The topological polar surface area (TPSA) is 119 Å². The third-order valence-corrected chi connectivity index (χ3v) is 5.44. The molecule has 10 heteroatoms. The smallest absolute Gasteiger partial charge is 0.260 e. The number of nitrogens with two attached hydrogens (primary N) is 1. The van der Waals surface area contributed by atoms with E-state index in [1.54, 1.807) is 18.2 Å². The molecule has 2 amide bonds. The Kier molecular flexibility index (Phi) is 6.14. The Morgan fingerprint density at radius 3 is 2.41 bits per heavy atom. The molecular weight excluding hydrogens is 401 g/mol. The first-order valence-corrected chi connectivity index (χ1v) is 10.3. The highest BCUT2D eigenvalue weighted by Gasteiger charge is 2.35. The maximum absolute atomic E-state index is 13.5. The lowest BCUT2D eigenvalue weighted by molar-refractivity contribution is -0.144. The van der Waals surface area contributed by atoms with Crippen molar-refractivity contribution in [1.29, 1.82) is 0 Å². The molecule has 1 aliphatic rings. The van der Waals surface area contributed by atoms with E-state index in [-0.39, 0.29) is 54.6 Å². The van der Waals surface area contributed by atoms with Crippen LogP contribution in [0.3, 0.4) is 0 Å². The standard InChI is InChI=1S/C19H20FN3O5S/c20-16-3-1-2-4-17(16)28-12-18(24)23-10-14(11-23)19(25)22-9-13-5-7-15(8-6-13)29(21,26)27/h1-8,14H,9-12H2,(H,22,25)(H2,21,26,27). The molecule has 0 unspecified atom stereocenters. The van der Waals surface area contributed by atoms with Gasteiger partial charge in [0.2, 0.25) is 15.9 Å². The van der Waals surface area contributed by atoms with Crippen LogP contribution in [0.1, 0.15) is 5.56 Å². The second-order valence-electron chi connectivity index (χ2n) is 6.62. The molecule has 0 saturated carbocycles. The minimum atomic E-state index is -3.75. The van der Waals surface area contributed by atoms with Crippen LogP contribution in [0.5, 0.6) is 5.75 Å². The van der Waals surface area contributed by atoms with E-state index in [9.17, 15) is 22.4 Å². The first kappa shape index (κ1) is 20.7. The van der Waals surface area contributed by atoms with Gasteiger partial charge in [0, 0.05) is 19.6 Å². The molecule has 0 radical (unpaired) electrons. The van der Waals surface area contributed by atoms with Gasteiger partial charge in [-0.15, -0.1) is 0 Å². The number of benzene rings is 2. The predicted octanol–water partition coefficient (Wildman–Crippen LogP) is 0.627. The number of likely N-dealkylation sites (tertiary alicyclic amines) is 1. The van der Waals surface area contributed by atoms with Gasteiger partial charge in [-0.3, -0.25) is 9.59 Å². The number of carbonyl (C=O) groups is 2. The van der Waals surface area contributed by atoms with E-state index in [1.807, 2.05) is 0 Å². The van der Waals surface area contributed by atoms with Crippen molar-refractivity contribution in [3.05, 3.63) is 59.9 Å². The molecule has 0 atom stereocenters. The number of amides is 2. The van der Waals surface area contributed by atoms with Crippen molar-refractivity contribution in [2.45, 2.75) is 11.4 Å². The van der Waals surface area contributed by atoms with Crippen LogP contribution in [-0.4, -0.2) is 44.8 Å². The van der Waals surface area contributed by atoms with Crippen molar-refractivity contribution in [1.82, 2.24) is 10.2 Å². The lowest BCUT2D eigenvalue weighted by atomic mass is 9.99. The Balaban J connectivity index is 1.40. The maximum atomic E-state index is 13.5. The lowest BCUT2D eigenvalue weighted by Gasteiger charge is -2.38. The van der Waals surface area contributed by atoms with Crippen LogP contribution in [0.15, 0.2) is 53.4 Å². The summed E-state index contributed by atoms with van der Waals surface area (Å²) in [6.45, 7) is 0.446. The normalized spacial score (nSPS) is 14.2. The van der Waals surface area contributed by atoms with Crippen molar-refractivity contribution in [2.24, 2.45) is 11.1 Å². The Morgan fingerprint density at radius 2 is 1.79 bits per heavy atom. The summed E-state index contributed by atoms with van der Waals surface area (Å²) in [6, 6.07) is 11.7. The Bertz CT molecular complexity index is 1000. The van der Waals surface area contributed by atoms with Gasteiger partial charge in [0.25, 0.3) is 5.91 Å². The highest BCUT2D eigenvalue weighted by molar-refractivity contribution is 7.89. The number of ether oxygens (including phenoxy) is 1. The maximum Gasteiger partial charge on any atom is 0.260 e. The summed E-state index contributed by atoms with van der Waals surface area (Å²) in [5.74, 6) is -1.41. The van der Waals surface area contributed by atoms with Crippen molar-refractivity contribution in [3.8, 4) is 5.75 Å². The number of para-hydroxylation sites is 1. The molecular formula is C19H20FN3O5S. The van der Waals surface area contributed by atoms with E-state index >= 15 is 0 Å². The van der Waals surface area contributed by atoms with Crippen LogP contribution in [0.2, 0.25) is 0 Å². The van der Waals surface area contributed by atoms with E-state index in [0.717, 1.165) is 5.56 Å². The number of rotatable bonds is 7. The fourth-order valence-electron chi connectivity index (χ4n) is 2.77. The molecule has 8 nitrogen and oxygen atoms in total. The molecule has 0 spiro atoms. The van der Waals surface area contributed by atoms with E-state index in [0.29, 0.717) is 0 Å². The third kappa shape index (κ3) is 5.30. The number of hydrogen-bond donors (Lipinski definition) is 2. The van der Waals surface area contributed by atoms with Crippen LogP contribution < -0.4 is 15.2 Å². The average Bonchev–Trinajstić information content (AvgIpc) is 2.64. The minimum absolute atomic E-state index is 0.00155. The molecule has 2 aromatic carbocycles. The van der Waals surface area contributed by atoms with Gasteiger partial charge in [0.15, 0.2) is 18.2 Å². The number of hydrogen-bond acceptors (Lipinski definition) is 5. The number of carbonyl (C=O) groups excluding carboxylic acids is 2. The van der Waals surface area contributed by atoms with Crippen LogP contribution in [0.25, 0.3) is 0 Å². The van der Waals surface area contributed by atoms with Crippen molar-refractivity contribution >= 4 is 21.8 Å². The highest BCUT2D eigenvalue weighted by atomic mass is 32.2. The van der Waals surface area contributed by atoms with Gasteiger partial charge in [-0.05, 0) is 29.8 Å². The fraction of sp³-hybridized carbons (Fsp3) is 0.263. The number of sulfonamides is 1. The third-order valence-electron chi connectivity index (χ3n) is 4.51. The largest absolute Gasteiger partial charge is 0.481 e. The molecule has 1 heterocycles. The molecule has 1 fully saturated rings. The van der Waals surface area contributed by atoms with E-state index < -0.39 is 15.8 Å². The second kappa shape index (κ2) is 8.58. The van der Waals surface area contributed by atoms with Crippen LogP contribution in [-0.2, 0) is 26.2 Å². The first-order chi connectivity index (χ1) is 13.7. The zero-order chi connectivity index (χ0) is 21.0. The molecule has 154 valence electrons. The van der Waals surface area contributed by atoms with Crippen LogP contribution in [0, 0.1) is 11.7 Å². The summed E-state index contributed by atoms with van der Waals surface area (Å²) in [6.07, 6.45) is 0. The average molecular weight is 421 g/mol. The Labute approximate surface area is 167 Å². The van der Waals surface area contributed by atoms with Gasteiger partial charge < -0.3 is 15.0 Å². The quantitative estimate of drug-likeness (QED) is 0.680. The van der Waals surface area contributed by atoms with Crippen LogP contribution >= 0.6 is 0 Å². The summed E-state index contributed by atoms with van der Waals surface area (Å²) in [7, 11) is -3.75. The SMILES string of the molecule is NS(=O)(=O)c1ccc(CNC(=O)C2CN(C(=O)COc3ccccc3F)C2)cc1. The number of primary sulfonamides is 1. The monoisotopic (exact) mass is 421 g/mol. The predicted molar refractivity (Wildman–Crippen MR) is 102 cm³/mol.